The fourth-order valence-corrected chi connectivity index (χ4v) is 2.24. The summed E-state index contributed by atoms with van der Waals surface area (Å²) >= 11 is 0. The van der Waals surface area contributed by atoms with E-state index in [1.165, 1.54) is 6.07 Å². The number of allylic oxidation sites excluding steroid dienone is 1. The molecule has 0 radical (unpaired) electrons. The van der Waals surface area contributed by atoms with Crippen molar-refractivity contribution in [1.29, 1.82) is 0 Å². The largest absolute Gasteiger partial charge is 0.504 e. The molecule has 0 bridgehead atoms. The standard InChI is InChI=1S/C13H12N2O2/c16-11-2-1-8(7-12(11)17)9-3-5-14-13-10(9)4-6-15-13/h1-7,9-10,16-17H,(H,14,15). The van der Waals surface area contributed by atoms with Crippen LogP contribution in [0.5, 0.6) is 11.5 Å². The van der Waals surface area contributed by atoms with Crippen molar-refractivity contribution in [2.45, 2.75) is 5.92 Å². The Balaban J connectivity index is 1.99. The Kier molecular flexibility index (Phi) is 2.14. The molecule has 2 heterocycles. The van der Waals surface area contributed by atoms with Gasteiger partial charge in [-0.15, -0.1) is 0 Å². The van der Waals surface area contributed by atoms with Crippen LogP contribution in [0.3, 0.4) is 0 Å². The minimum atomic E-state index is -0.0949. The quantitative estimate of drug-likeness (QED) is 0.642. The number of fused-ring (bicyclic) bond motifs is 1. The Hall–Kier alpha value is -2.23. The van der Waals surface area contributed by atoms with Crippen LogP contribution in [0, 0.1) is 5.92 Å². The third kappa shape index (κ3) is 1.58. The first-order chi connectivity index (χ1) is 8.25. The summed E-state index contributed by atoms with van der Waals surface area (Å²) in [6.07, 6.45) is 7.69. The molecule has 2 aliphatic rings. The Morgan fingerprint density at radius 3 is 2.76 bits per heavy atom. The molecule has 0 saturated heterocycles. The molecular weight excluding hydrogens is 216 g/mol. The van der Waals surface area contributed by atoms with Crippen molar-refractivity contribution in [1.82, 2.24) is 5.32 Å². The second-order valence-corrected chi connectivity index (χ2v) is 4.16. The maximum Gasteiger partial charge on any atom is 0.157 e. The van der Waals surface area contributed by atoms with Gasteiger partial charge in [0, 0.05) is 18.0 Å². The van der Waals surface area contributed by atoms with Crippen LogP contribution in [-0.4, -0.2) is 16.0 Å². The highest BCUT2D eigenvalue weighted by molar-refractivity contribution is 5.91. The molecule has 4 nitrogen and oxygen atoms in total. The molecule has 0 fully saturated rings. The van der Waals surface area contributed by atoms with Gasteiger partial charge in [0.05, 0.1) is 0 Å². The van der Waals surface area contributed by atoms with Gasteiger partial charge < -0.3 is 15.5 Å². The van der Waals surface area contributed by atoms with Crippen LogP contribution in [-0.2, 0) is 0 Å². The number of aromatic hydroxyl groups is 2. The zero-order valence-electron chi connectivity index (χ0n) is 9.04. The Labute approximate surface area is 98.6 Å². The summed E-state index contributed by atoms with van der Waals surface area (Å²) in [5.41, 5.74) is 0.960. The van der Waals surface area contributed by atoms with Gasteiger partial charge in [-0.05, 0) is 23.9 Å². The van der Waals surface area contributed by atoms with E-state index in [0.29, 0.717) is 0 Å². The molecule has 86 valence electrons. The molecule has 3 N–H and O–H groups in total. The second kappa shape index (κ2) is 3.66. The third-order valence-corrected chi connectivity index (χ3v) is 3.13. The van der Waals surface area contributed by atoms with Gasteiger partial charge in [-0.25, -0.2) is 4.99 Å². The molecule has 2 atom stereocenters. The molecule has 17 heavy (non-hydrogen) atoms. The number of hydrogen-bond donors (Lipinski definition) is 3. The topological polar surface area (TPSA) is 64.9 Å². The summed E-state index contributed by atoms with van der Waals surface area (Å²) in [4.78, 5) is 4.26. The Morgan fingerprint density at radius 2 is 1.94 bits per heavy atom. The first-order valence-electron chi connectivity index (χ1n) is 5.45. The van der Waals surface area contributed by atoms with E-state index in [1.54, 1.807) is 12.3 Å². The first kappa shape index (κ1) is 9.96. The Bertz CT molecular complexity index is 546. The molecule has 0 amide bonds. The molecule has 2 unspecified atom stereocenters. The number of nitrogens with zero attached hydrogens (tertiary/aromatic N) is 1. The van der Waals surface area contributed by atoms with Gasteiger partial charge in [0.1, 0.15) is 5.84 Å². The molecule has 0 saturated carbocycles. The summed E-state index contributed by atoms with van der Waals surface area (Å²) in [6.45, 7) is 0. The lowest BCUT2D eigenvalue weighted by atomic mass is 9.84. The molecule has 3 rings (SSSR count). The van der Waals surface area contributed by atoms with Crippen molar-refractivity contribution in [2.75, 3.05) is 0 Å². The lowest BCUT2D eigenvalue weighted by Gasteiger charge is -2.22. The lowest BCUT2D eigenvalue weighted by molar-refractivity contribution is 0.402. The molecule has 0 aromatic heterocycles. The number of benzene rings is 1. The maximum absolute atomic E-state index is 9.53. The number of rotatable bonds is 1. The molecule has 0 spiro atoms. The van der Waals surface area contributed by atoms with E-state index in [2.05, 4.69) is 16.4 Å². The molecule has 2 aliphatic heterocycles. The average Bonchev–Trinajstić information content (AvgIpc) is 2.80. The van der Waals surface area contributed by atoms with Crippen LogP contribution in [0.25, 0.3) is 0 Å². The fourth-order valence-electron chi connectivity index (χ4n) is 2.24. The van der Waals surface area contributed by atoms with Gasteiger partial charge in [-0.1, -0.05) is 18.2 Å². The number of hydrogen-bond acceptors (Lipinski definition) is 4. The summed E-state index contributed by atoms with van der Waals surface area (Å²) in [6, 6.07) is 4.93. The van der Waals surface area contributed by atoms with Gasteiger partial charge in [-0.2, -0.15) is 0 Å². The van der Waals surface area contributed by atoms with Gasteiger partial charge in [0.2, 0.25) is 0 Å². The van der Waals surface area contributed by atoms with Gasteiger partial charge in [0.15, 0.2) is 11.5 Å². The van der Waals surface area contributed by atoms with Crippen molar-refractivity contribution in [3.05, 3.63) is 48.3 Å². The predicted octanol–water partition coefficient (Wildman–Crippen LogP) is 1.84. The first-order valence-corrected chi connectivity index (χ1v) is 5.45. The highest BCUT2D eigenvalue weighted by atomic mass is 16.3. The van der Waals surface area contributed by atoms with E-state index in [0.717, 1.165) is 11.4 Å². The highest BCUT2D eigenvalue weighted by Crippen LogP contribution is 2.36. The maximum atomic E-state index is 9.53. The van der Waals surface area contributed by atoms with E-state index in [-0.39, 0.29) is 23.3 Å². The summed E-state index contributed by atoms with van der Waals surface area (Å²) in [5.74, 6) is 1.06. The Morgan fingerprint density at radius 1 is 1.06 bits per heavy atom. The van der Waals surface area contributed by atoms with Crippen molar-refractivity contribution in [2.24, 2.45) is 10.9 Å². The van der Waals surface area contributed by atoms with Crippen molar-refractivity contribution in [3.8, 4) is 11.5 Å². The van der Waals surface area contributed by atoms with E-state index in [1.807, 2.05) is 18.3 Å². The molecule has 4 heteroatoms. The van der Waals surface area contributed by atoms with E-state index in [4.69, 9.17) is 0 Å². The third-order valence-electron chi connectivity index (χ3n) is 3.13. The average molecular weight is 228 g/mol. The molecule has 1 aromatic rings. The number of nitrogens with one attached hydrogen (secondary N) is 1. The van der Waals surface area contributed by atoms with Crippen LogP contribution in [0.15, 0.2) is 47.7 Å². The lowest BCUT2D eigenvalue weighted by Crippen LogP contribution is -2.25. The number of phenols is 2. The van der Waals surface area contributed by atoms with Crippen LogP contribution < -0.4 is 5.32 Å². The zero-order valence-corrected chi connectivity index (χ0v) is 9.04. The van der Waals surface area contributed by atoms with Gasteiger partial charge in [0.25, 0.3) is 0 Å². The molecule has 1 aromatic carbocycles. The van der Waals surface area contributed by atoms with Crippen molar-refractivity contribution < 1.29 is 10.2 Å². The summed E-state index contributed by atoms with van der Waals surface area (Å²) < 4.78 is 0. The number of phenolic OH excluding ortho intramolecular Hbond substituents is 2. The minimum absolute atomic E-state index is 0.0881. The second-order valence-electron chi connectivity index (χ2n) is 4.16. The van der Waals surface area contributed by atoms with Gasteiger partial charge in [-0.3, -0.25) is 0 Å². The van der Waals surface area contributed by atoms with Crippen LogP contribution in [0.2, 0.25) is 0 Å². The van der Waals surface area contributed by atoms with E-state index in [9.17, 15) is 10.2 Å². The summed E-state index contributed by atoms with van der Waals surface area (Å²) in [5, 5.41) is 21.9. The zero-order chi connectivity index (χ0) is 11.8. The smallest absolute Gasteiger partial charge is 0.157 e. The fraction of sp³-hybridized carbons (Fsp3) is 0.154. The molecule has 0 aliphatic carbocycles. The van der Waals surface area contributed by atoms with Crippen LogP contribution in [0.1, 0.15) is 11.5 Å². The minimum Gasteiger partial charge on any atom is -0.504 e. The van der Waals surface area contributed by atoms with Gasteiger partial charge >= 0.3 is 0 Å². The van der Waals surface area contributed by atoms with Crippen LogP contribution >= 0.6 is 0 Å². The van der Waals surface area contributed by atoms with E-state index >= 15 is 0 Å². The SMILES string of the molecule is Oc1ccc(C2C=CN=C3NC=CC32)cc1O. The van der Waals surface area contributed by atoms with Crippen LogP contribution in [0.4, 0.5) is 0 Å². The molecular formula is C13H12N2O2. The number of amidine groups is 1. The number of aliphatic imine (C=N–C) groups is 1. The van der Waals surface area contributed by atoms with Crippen molar-refractivity contribution >= 4 is 5.84 Å². The van der Waals surface area contributed by atoms with Crippen molar-refractivity contribution in [3.63, 3.8) is 0 Å². The van der Waals surface area contributed by atoms with E-state index < -0.39 is 0 Å². The normalized spacial score (nSPS) is 25.3. The highest BCUT2D eigenvalue weighted by Gasteiger charge is 2.28. The predicted molar refractivity (Wildman–Crippen MR) is 64.9 cm³/mol. The summed E-state index contributed by atoms with van der Waals surface area (Å²) in [7, 11) is 0. The monoisotopic (exact) mass is 228 g/mol.